The molecule has 0 saturated heterocycles. The number of methoxy groups -OCH3 is 1. The Labute approximate surface area is 307 Å². The lowest BCUT2D eigenvalue weighted by atomic mass is 10.0. The van der Waals surface area contributed by atoms with Gasteiger partial charge in [-0.25, -0.2) is 9.59 Å². The first-order valence-electron chi connectivity index (χ1n) is 16.8. The summed E-state index contributed by atoms with van der Waals surface area (Å²) >= 11 is 0. The maximum absolute atomic E-state index is 13.8. The van der Waals surface area contributed by atoms with E-state index >= 15 is 0 Å². The van der Waals surface area contributed by atoms with Crippen molar-refractivity contribution in [2.24, 2.45) is 0 Å². The van der Waals surface area contributed by atoms with Crippen molar-refractivity contribution >= 4 is 35.8 Å². The van der Waals surface area contributed by atoms with Gasteiger partial charge in [-0.15, -0.1) is 0 Å². The van der Waals surface area contributed by atoms with E-state index in [1.807, 2.05) is 0 Å². The highest BCUT2D eigenvalue weighted by molar-refractivity contribution is 5.96. The van der Waals surface area contributed by atoms with Crippen LogP contribution in [-0.2, 0) is 69.2 Å². The van der Waals surface area contributed by atoms with Crippen LogP contribution in [0.4, 0.5) is 4.79 Å². The minimum atomic E-state index is -1.61. The van der Waals surface area contributed by atoms with E-state index in [2.05, 4.69) is 16.0 Å². The van der Waals surface area contributed by atoms with Crippen LogP contribution in [0.1, 0.15) is 35.1 Å². The van der Waals surface area contributed by atoms with E-state index in [0.717, 1.165) is 7.11 Å². The molecule has 0 aliphatic heterocycles. The third-order valence-corrected chi connectivity index (χ3v) is 7.77. The first-order valence-corrected chi connectivity index (χ1v) is 16.8. The fraction of sp³-hybridized carbons (Fsp3) is 0.250. The van der Waals surface area contributed by atoms with Crippen molar-refractivity contribution in [1.29, 1.82) is 0 Å². The topological polar surface area (TPSA) is 175 Å². The molecule has 0 aromatic heterocycles. The van der Waals surface area contributed by atoms with Crippen LogP contribution in [0.2, 0.25) is 0 Å². The molecule has 3 atom stereocenters. The number of nitrogens with one attached hydrogen (secondary N) is 3. The SMILES string of the molecule is COC(=O)C(Cc1ccccc1)NC(=O)C(CC(=O)OCc1ccccc1)NC(=O)C(CC(=O)OCc1ccccc1)NC(=O)OCc1ccccc1. The van der Waals surface area contributed by atoms with E-state index in [4.69, 9.17) is 18.9 Å². The third kappa shape index (κ3) is 14.0. The second kappa shape index (κ2) is 21.0. The Kier molecular flexibility index (Phi) is 15.6. The third-order valence-electron chi connectivity index (χ3n) is 7.77. The summed E-state index contributed by atoms with van der Waals surface area (Å²) in [5.41, 5.74) is 2.76. The summed E-state index contributed by atoms with van der Waals surface area (Å²) in [6.45, 7) is -0.333. The van der Waals surface area contributed by atoms with Crippen LogP contribution in [0, 0.1) is 0 Å². The van der Waals surface area contributed by atoms with Gasteiger partial charge < -0.3 is 34.9 Å². The Hall–Kier alpha value is -6.50. The molecule has 3 amide bonds. The van der Waals surface area contributed by atoms with Crippen molar-refractivity contribution in [3.63, 3.8) is 0 Å². The molecule has 0 aliphatic carbocycles. The van der Waals surface area contributed by atoms with Crippen LogP contribution in [0.3, 0.4) is 0 Å². The fourth-order valence-electron chi connectivity index (χ4n) is 4.98. The molecular formula is C40H41N3O10. The maximum Gasteiger partial charge on any atom is 0.408 e. The minimum absolute atomic E-state index is 0.0447. The van der Waals surface area contributed by atoms with Gasteiger partial charge in [0.15, 0.2) is 0 Å². The van der Waals surface area contributed by atoms with E-state index in [9.17, 15) is 28.8 Å². The van der Waals surface area contributed by atoms with E-state index in [1.54, 1.807) is 121 Å². The predicted molar refractivity (Wildman–Crippen MR) is 191 cm³/mol. The Morgan fingerprint density at radius 3 is 1.25 bits per heavy atom. The quantitative estimate of drug-likeness (QED) is 0.101. The second-order valence-electron chi connectivity index (χ2n) is 11.8. The molecular weight excluding hydrogens is 682 g/mol. The zero-order valence-corrected chi connectivity index (χ0v) is 29.1. The number of benzene rings is 4. The lowest BCUT2D eigenvalue weighted by Crippen LogP contribution is -2.57. The van der Waals surface area contributed by atoms with Crippen LogP contribution < -0.4 is 16.0 Å². The average Bonchev–Trinajstić information content (AvgIpc) is 3.19. The van der Waals surface area contributed by atoms with Crippen LogP contribution >= 0.6 is 0 Å². The molecule has 0 spiro atoms. The van der Waals surface area contributed by atoms with Crippen molar-refractivity contribution in [1.82, 2.24) is 16.0 Å². The van der Waals surface area contributed by atoms with Crippen molar-refractivity contribution in [2.45, 2.75) is 57.2 Å². The molecule has 4 rings (SSSR count). The molecule has 0 heterocycles. The highest BCUT2D eigenvalue weighted by Gasteiger charge is 2.33. The molecule has 276 valence electrons. The number of hydrogen-bond acceptors (Lipinski definition) is 10. The smallest absolute Gasteiger partial charge is 0.408 e. The van der Waals surface area contributed by atoms with Crippen LogP contribution in [0.25, 0.3) is 0 Å². The zero-order chi connectivity index (χ0) is 37.8. The monoisotopic (exact) mass is 723 g/mol. The number of carbonyl (C=O) groups excluding carboxylic acids is 6. The zero-order valence-electron chi connectivity index (χ0n) is 29.1. The van der Waals surface area contributed by atoms with Crippen molar-refractivity contribution < 1.29 is 47.7 Å². The molecule has 0 saturated carbocycles. The Morgan fingerprint density at radius 1 is 0.472 bits per heavy atom. The molecule has 0 radical (unpaired) electrons. The Balaban J connectivity index is 1.52. The molecule has 53 heavy (non-hydrogen) atoms. The molecule has 3 unspecified atom stereocenters. The minimum Gasteiger partial charge on any atom is -0.467 e. The van der Waals surface area contributed by atoms with Gasteiger partial charge in [0.1, 0.15) is 37.9 Å². The van der Waals surface area contributed by atoms with Gasteiger partial charge in [-0.05, 0) is 22.3 Å². The van der Waals surface area contributed by atoms with Gasteiger partial charge in [0.25, 0.3) is 0 Å². The van der Waals surface area contributed by atoms with E-state index in [1.165, 1.54) is 0 Å². The fourth-order valence-corrected chi connectivity index (χ4v) is 4.98. The van der Waals surface area contributed by atoms with Crippen LogP contribution in [-0.4, -0.2) is 61.1 Å². The molecule has 0 bridgehead atoms. The average molecular weight is 724 g/mol. The lowest BCUT2D eigenvalue weighted by Gasteiger charge is -2.24. The summed E-state index contributed by atoms with van der Waals surface area (Å²) in [6, 6.07) is 30.9. The predicted octanol–water partition coefficient (Wildman–Crippen LogP) is 3.93. The van der Waals surface area contributed by atoms with E-state index in [0.29, 0.717) is 22.3 Å². The summed E-state index contributed by atoms with van der Waals surface area (Å²) in [7, 11) is 1.16. The van der Waals surface area contributed by atoms with Gasteiger partial charge in [-0.3, -0.25) is 19.2 Å². The second-order valence-corrected chi connectivity index (χ2v) is 11.8. The van der Waals surface area contributed by atoms with Crippen molar-refractivity contribution in [2.75, 3.05) is 7.11 Å². The molecule has 0 fully saturated rings. The number of carbonyl (C=O) groups is 6. The summed E-state index contributed by atoms with van der Waals surface area (Å²) < 4.78 is 20.9. The summed E-state index contributed by atoms with van der Waals surface area (Å²) in [5.74, 6) is -4.37. The number of alkyl carbamates (subject to hydrolysis) is 1. The lowest BCUT2D eigenvalue weighted by molar-refractivity contribution is -0.149. The molecule has 13 heteroatoms. The highest BCUT2D eigenvalue weighted by atomic mass is 16.6. The Bertz CT molecular complexity index is 1730. The summed E-state index contributed by atoms with van der Waals surface area (Å²) in [5, 5.41) is 7.37. The van der Waals surface area contributed by atoms with E-state index in [-0.39, 0.29) is 26.2 Å². The molecule has 4 aromatic carbocycles. The standard InChI is InChI=1S/C40H41N3O10/c1-50-39(48)34(22-28-14-6-2-7-15-28)42-37(46)32(23-35(44)51-25-29-16-8-3-9-17-29)41-38(47)33(24-36(45)52-26-30-18-10-4-11-19-30)43-40(49)53-27-31-20-12-5-13-21-31/h2-21,32-34H,22-27H2,1H3,(H,41,47)(H,42,46)(H,43,49). The normalized spacial score (nSPS) is 12.2. The maximum atomic E-state index is 13.8. The molecule has 13 nitrogen and oxygen atoms in total. The summed E-state index contributed by atoms with van der Waals surface area (Å²) in [4.78, 5) is 79.1. The number of amides is 3. The van der Waals surface area contributed by atoms with Gasteiger partial charge in [0.05, 0.1) is 20.0 Å². The van der Waals surface area contributed by atoms with Crippen LogP contribution in [0.5, 0.6) is 0 Å². The highest BCUT2D eigenvalue weighted by Crippen LogP contribution is 2.10. The van der Waals surface area contributed by atoms with Crippen LogP contribution in [0.15, 0.2) is 121 Å². The molecule has 4 aromatic rings. The summed E-state index contributed by atoms with van der Waals surface area (Å²) in [6.07, 6.45) is -2.29. The van der Waals surface area contributed by atoms with Gasteiger partial charge in [0, 0.05) is 6.42 Å². The first-order chi connectivity index (χ1) is 25.7. The number of ether oxygens (including phenoxy) is 4. The van der Waals surface area contributed by atoms with Gasteiger partial charge >= 0.3 is 24.0 Å². The van der Waals surface area contributed by atoms with Gasteiger partial charge in [-0.1, -0.05) is 121 Å². The van der Waals surface area contributed by atoms with Crippen molar-refractivity contribution in [3.05, 3.63) is 144 Å². The number of esters is 3. The van der Waals surface area contributed by atoms with Gasteiger partial charge in [-0.2, -0.15) is 0 Å². The molecule has 0 aliphatic rings. The number of rotatable bonds is 18. The van der Waals surface area contributed by atoms with E-state index < -0.39 is 66.8 Å². The first kappa shape index (κ1) is 39.3. The molecule has 3 N–H and O–H groups in total. The largest absolute Gasteiger partial charge is 0.467 e. The number of hydrogen-bond donors (Lipinski definition) is 3. The van der Waals surface area contributed by atoms with Crippen molar-refractivity contribution in [3.8, 4) is 0 Å². The van der Waals surface area contributed by atoms with Gasteiger partial charge in [0.2, 0.25) is 11.8 Å². The Morgan fingerprint density at radius 2 is 0.830 bits per heavy atom.